The van der Waals surface area contributed by atoms with Crippen LogP contribution in [0.2, 0.25) is 5.02 Å². The molecule has 0 aliphatic rings. The van der Waals surface area contributed by atoms with E-state index in [1.54, 1.807) is 6.92 Å². The van der Waals surface area contributed by atoms with E-state index in [0.29, 0.717) is 11.4 Å². The van der Waals surface area contributed by atoms with E-state index < -0.39 is 23.7 Å². The van der Waals surface area contributed by atoms with Crippen LogP contribution in [0.3, 0.4) is 0 Å². The van der Waals surface area contributed by atoms with Gasteiger partial charge in [0.2, 0.25) is 5.78 Å². The Labute approximate surface area is 174 Å². The highest BCUT2D eigenvalue weighted by Crippen LogP contribution is 2.23. The van der Waals surface area contributed by atoms with E-state index in [9.17, 15) is 14.4 Å². The van der Waals surface area contributed by atoms with E-state index in [-0.39, 0.29) is 13.0 Å². The summed E-state index contributed by atoms with van der Waals surface area (Å²) < 4.78 is 4.97. The molecule has 0 spiro atoms. The number of carbonyl (C=O) groups excluding carboxylic acids is 3. The third kappa shape index (κ3) is 7.08. The van der Waals surface area contributed by atoms with Crippen molar-refractivity contribution in [1.29, 1.82) is 0 Å². The largest absolute Gasteiger partial charge is 0.466 e. The summed E-state index contributed by atoms with van der Waals surface area (Å²) in [5.41, 5.74) is 8.02. The van der Waals surface area contributed by atoms with Gasteiger partial charge in [-0.25, -0.2) is 0 Å². The number of nitrogens with two attached hydrogens (primary N) is 1. The first kappa shape index (κ1) is 22.2. The van der Waals surface area contributed by atoms with Crippen LogP contribution in [0, 0.1) is 0 Å². The van der Waals surface area contributed by atoms with Crippen LogP contribution in [0.15, 0.2) is 60.8 Å². The zero-order valence-electron chi connectivity index (χ0n) is 16.1. The molecule has 2 rings (SSSR count). The molecule has 2 aromatic carbocycles. The lowest BCUT2D eigenvalue weighted by Gasteiger charge is -2.17. The third-order valence-corrected chi connectivity index (χ3v) is 4.35. The fraction of sp³-hybridized carbons (Fsp3) is 0.227. The van der Waals surface area contributed by atoms with Gasteiger partial charge in [-0.3, -0.25) is 14.4 Å². The van der Waals surface area contributed by atoms with Gasteiger partial charge in [-0.15, -0.1) is 0 Å². The van der Waals surface area contributed by atoms with Crippen molar-refractivity contribution in [2.24, 2.45) is 5.73 Å². The topological polar surface area (TPSA) is 98.5 Å². The molecule has 0 saturated heterocycles. The first-order valence-electron chi connectivity index (χ1n) is 9.16. The molecule has 1 atom stereocenters. The maximum atomic E-state index is 12.0. The number of amides is 1. The minimum absolute atomic E-state index is 0.0464. The summed E-state index contributed by atoms with van der Waals surface area (Å²) in [7, 11) is 0. The summed E-state index contributed by atoms with van der Waals surface area (Å²) in [6.45, 7) is 1.94. The van der Waals surface area contributed by atoms with Crippen LogP contribution in [0.25, 0.3) is 11.1 Å². The highest BCUT2D eigenvalue weighted by molar-refractivity contribution is 6.40. The highest BCUT2D eigenvalue weighted by Gasteiger charge is 2.20. The standard InChI is InChI=1S/C22H23ClN2O4/c1-2-29-21(27)14-19(25-22(28)20(26)10-11-24)12-15-6-8-16(9-7-15)17-4-3-5-18(23)13-17/h3-11,13,19H,2,12,14,24H2,1H3,(H,25,28)/b11-10-/t19-/m1/s1. The number of esters is 1. The smallest absolute Gasteiger partial charge is 0.307 e. The average Bonchev–Trinajstić information content (AvgIpc) is 2.68. The van der Waals surface area contributed by atoms with Crippen molar-refractivity contribution in [2.75, 3.05) is 6.61 Å². The zero-order chi connectivity index (χ0) is 21.2. The van der Waals surface area contributed by atoms with Gasteiger partial charge in [0.15, 0.2) is 0 Å². The van der Waals surface area contributed by atoms with E-state index in [0.717, 1.165) is 29.0 Å². The van der Waals surface area contributed by atoms with Crippen molar-refractivity contribution < 1.29 is 19.1 Å². The molecule has 0 aliphatic heterocycles. The second-order valence-electron chi connectivity index (χ2n) is 6.31. The molecule has 3 N–H and O–H groups in total. The average molecular weight is 415 g/mol. The molecule has 0 aromatic heterocycles. The van der Waals surface area contributed by atoms with E-state index in [4.69, 9.17) is 22.1 Å². The molecule has 29 heavy (non-hydrogen) atoms. The Kier molecular flexibility index (Phi) is 8.43. The maximum absolute atomic E-state index is 12.0. The number of nitrogens with one attached hydrogen (secondary N) is 1. The summed E-state index contributed by atoms with van der Waals surface area (Å²) in [6.07, 6.45) is 2.28. The molecular weight excluding hydrogens is 392 g/mol. The summed E-state index contributed by atoms with van der Waals surface area (Å²) in [5, 5.41) is 3.23. The molecule has 0 fully saturated rings. The molecule has 0 bridgehead atoms. The zero-order valence-corrected chi connectivity index (χ0v) is 16.8. The fourth-order valence-electron chi connectivity index (χ4n) is 2.80. The second-order valence-corrected chi connectivity index (χ2v) is 6.75. The molecule has 6 nitrogen and oxygen atoms in total. The normalized spacial score (nSPS) is 11.8. The van der Waals surface area contributed by atoms with Gasteiger partial charge < -0.3 is 15.8 Å². The molecule has 0 aliphatic carbocycles. The third-order valence-electron chi connectivity index (χ3n) is 4.12. The van der Waals surface area contributed by atoms with Gasteiger partial charge in [-0.2, -0.15) is 0 Å². The quantitative estimate of drug-likeness (QED) is 0.373. The number of ketones is 1. The van der Waals surface area contributed by atoms with Gasteiger partial charge in [-0.1, -0.05) is 48.0 Å². The van der Waals surface area contributed by atoms with Crippen LogP contribution >= 0.6 is 11.6 Å². The Balaban J connectivity index is 2.13. The van der Waals surface area contributed by atoms with E-state index in [1.165, 1.54) is 0 Å². The van der Waals surface area contributed by atoms with E-state index >= 15 is 0 Å². The van der Waals surface area contributed by atoms with Gasteiger partial charge in [0, 0.05) is 17.1 Å². The monoisotopic (exact) mass is 414 g/mol. The number of hydrogen-bond donors (Lipinski definition) is 2. The van der Waals surface area contributed by atoms with E-state index in [2.05, 4.69) is 5.32 Å². The molecule has 1 amide bonds. The van der Waals surface area contributed by atoms with Gasteiger partial charge >= 0.3 is 5.97 Å². The number of carbonyl (C=O) groups is 3. The maximum Gasteiger partial charge on any atom is 0.307 e. The van der Waals surface area contributed by atoms with E-state index in [1.807, 2.05) is 48.5 Å². The lowest BCUT2D eigenvalue weighted by molar-refractivity contribution is -0.144. The number of hydrogen-bond acceptors (Lipinski definition) is 5. The molecule has 7 heteroatoms. The number of rotatable bonds is 9. The molecule has 0 unspecified atom stereocenters. The first-order chi connectivity index (χ1) is 13.9. The minimum atomic E-state index is -0.823. The Morgan fingerprint density at radius 2 is 1.86 bits per heavy atom. The lowest BCUT2D eigenvalue weighted by atomic mass is 9.99. The Morgan fingerprint density at radius 3 is 2.48 bits per heavy atom. The molecular formula is C22H23ClN2O4. The van der Waals surface area contributed by atoms with Crippen molar-refractivity contribution in [3.63, 3.8) is 0 Å². The van der Waals surface area contributed by atoms with Crippen LogP contribution in [0.5, 0.6) is 0 Å². The molecule has 152 valence electrons. The van der Waals surface area contributed by atoms with Gasteiger partial charge in [0.05, 0.1) is 13.0 Å². The summed E-state index contributed by atoms with van der Waals surface area (Å²) >= 11 is 6.04. The SMILES string of the molecule is CCOC(=O)C[C@@H](Cc1ccc(-c2cccc(Cl)c2)cc1)NC(=O)C(=O)/C=C\N. The minimum Gasteiger partial charge on any atom is -0.466 e. The Hall–Kier alpha value is -3.12. The Bertz CT molecular complexity index is 894. The van der Waals surface area contributed by atoms with Gasteiger partial charge in [0.25, 0.3) is 5.91 Å². The van der Waals surface area contributed by atoms with Gasteiger partial charge in [0.1, 0.15) is 0 Å². The van der Waals surface area contributed by atoms with Crippen molar-refractivity contribution in [2.45, 2.75) is 25.8 Å². The molecule has 0 saturated carbocycles. The van der Waals surface area contributed by atoms with Crippen molar-refractivity contribution in [3.8, 4) is 11.1 Å². The molecule has 0 radical (unpaired) electrons. The van der Waals surface area contributed by atoms with Gasteiger partial charge in [-0.05, 0) is 48.4 Å². The first-order valence-corrected chi connectivity index (χ1v) is 9.54. The number of ether oxygens (including phenoxy) is 1. The summed E-state index contributed by atoms with van der Waals surface area (Å²) in [4.78, 5) is 35.6. The summed E-state index contributed by atoms with van der Waals surface area (Å²) in [6, 6.07) is 14.6. The number of benzene rings is 2. The van der Waals surface area contributed by atoms with Crippen molar-refractivity contribution in [3.05, 3.63) is 71.4 Å². The highest BCUT2D eigenvalue weighted by atomic mass is 35.5. The molecule has 2 aromatic rings. The van der Waals surface area contributed by atoms with Crippen LogP contribution in [0.4, 0.5) is 0 Å². The predicted molar refractivity (Wildman–Crippen MR) is 112 cm³/mol. The number of halogens is 1. The van der Waals surface area contributed by atoms with Crippen LogP contribution in [-0.4, -0.2) is 30.3 Å². The second kappa shape index (κ2) is 11.0. The summed E-state index contributed by atoms with van der Waals surface area (Å²) in [5.74, 6) is -2.05. The Morgan fingerprint density at radius 1 is 1.14 bits per heavy atom. The van der Waals surface area contributed by atoms with Crippen LogP contribution in [0.1, 0.15) is 18.9 Å². The van der Waals surface area contributed by atoms with Crippen molar-refractivity contribution in [1.82, 2.24) is 5.32 Å². The fourth-order valence-corrected chi connectivity index (χ4v) is 2.99. The predicted octanol–water partition coefficient (Wildman–Crippen LogP) is 3.03. The van der Waals surface area contributed by atoms with Crippen molar-refractivity contribution >= 4 is 29.3 Å². The van der Waals surface area contributed by atoms with Crippen LogP contribution in [-0.2, 0) is 25.5 Å². The van der Waals surface area contributed by atoms with Crippen LogP contribution < -0.4 is 11.1 Å². The lowest BCUT2D eigenvalue weighted by Crippen LogP contribution is -2.41. The molecule has 0 heterocycles.